The molecule has 0 spiro atoms. The first kappa shape index (κ1) is 39.1. The third-order valence-electron chi connectivity index (χ3n) is 4.77. The van der Waals surface area contributed by atoms with Gasteiger partial charge in [-0.2, -0.15) is 114 Å². The van der Waals surface area contributed by atoms with E-state index in [1.165, 1.54) is 0 Å². The van der Waals surface area contributed by atoms with Crippen LogP contribution in [0, 0.1) is 0 Å². The van der Waals surface area contributed by atoms with E-state index in [2.05, 4.69) is 0 Å². The number of halogens is 27. The minimum Gasteiger partial charge on any atom is -0.350 e. The summed E-state index contributed by atoms with van der Waals surface area (Å²) in [5.41, 5.74) is -9.22. The van der Waals surface area contributed by atoms with Crippen molar-refractivity contribution < 1.29 is 124 Å². The van der Waals surface area contributed by atoms with Gasteiger partial charge in [0.25, 0.3) is 0 Å². The van der Waals surface area contributed by atoms with Crippen molar-refractivity contribution >= 4 is 0 Å². The number of hydrogen-bond acceptors (Lipinski definition) is 1. The lowest BCUT2D eigenvalue weighted by Crippen LogP contribution is -2.80. The maximum absolute atomic E-state index is 13.5. The van der Waals surface area contributed by atoms with Crippen molar-refractivity contribution in [2.24, 2.45) is 0 Å². The molecule has 0 aliphatic rings. The van der Waals surface area contributed by atoms with Crippen LogP contribution in [0.2, 0.25) is 0 Å². The molecule has 0 amide bonds. The average molecular weight is 686 g/mol. The van der Waals surface area contributed by atoms with Gasteiger partial charge in [-0.05, 0) is 0 Å². The first-order valence-electron chi connectivity index (χ1n) is 8.33. The van der Waals surface area contributed by atoms with Crippen LogP contribution < -0.4 is 0 Å². The van der Waals surface area contributed by atoms with Crippen LogP contribution in [-0.2, 0) is 0 Å². The summed E-state index contributed by atoms with van der Waals surface area (Å²) in [6.45, 7) is 0. The lowest BCUT2D eigenvalue weighted by atomic mass is 9.82. The smallest absolute Gasteiger partial charge is 0.350 e. The van der Waals surface area contributed by atoms with Crippen LogP contribution in [0.15, 0.2) is 0 Å². The first-order valence-corrected chi connectivity index (χ1v) is 8.33. The van der Waals surface area contributed by atoms with Crippen molar-refractivity contribution in [2.75, 3.05) is 0 Å². The molecule has 0 bridgehead atoms. The van der Waals surface area contributed by atoms with Crippen molar-refractivity contribution in [1.29, 1.82) is 0 Å². The van der Waals surface area contributed by atoms with Crippen LogP contribution in [0.5, 0.6) is 0 Å². The van der Waals surface area contributed by atoms with E-state index in [0.717, 1.165) is 0 Å². The van der Waals surface area contributed by atoms with E-state index in [1.807, 2.05) is 0 Å². The Bertz CT molecular complexity index is 943. The maximum atomic E-state index is 13.5. The molecule has 1 atom stereocenters. The van der Waals surface area contributed by atoms with Gasteiger partial charge in [-0.15, -0.1) is 0 Å². The fourth-order valence-electron chi connectivity index (χ4n) is 2.30. The van der Waals surface area contributed by atoms with Gasteiger partial charge in [0.15, 0.2) is 0 Å². The lowest BCUT2D eigenvalue weighted by molar-refractivity contribution is -0.493. The summed E-state index contributed by atoms with van der Waals surface area (Å²) in [7, 11) is 0. The Morgan fingerprint density at radius 1 is 0.220 bits per heavy atom. The maximum Gasteiger partial charge on any atom is 0.455 e. The summed E-state index contributed by atoms with van der Waals surface area (Å²) in [5.74, 6) is -85.0. The van der Waals surface area contributed by atoms with E-state index in [9.17, 15) is 119 Å². The van der Waals surface area contributed by atoms with Crippen molar-refractivity contribution in [3.63, 3.8) is 0 Å². The Morgan fingerprint density at radius 3 is 0.561 bits per heavy atom. The Hall–Kier alpha value is -1.93. The Kier molecular flexibility index (Phi) is 8.62. The zero-order valence-electron chi connectivity index (χ0n) is 17.2. The predicted octanol–water partition coefficient (Wildman–Crippen LogP) is 8.12. The van der Waals surface area contributed by atoms with E-state index in [0.29, 0.717) is 0 Å². The molecule has 0 aliphatic carbocycles. The standard InChI is InChI=1S/C13HF27O/c14-1(11(32,33)34,12(35,36)37)2(15,16)3(17,18)4(19,20)5(21,22)6(23,24)7(25,26)8(27,28)9(29,30)10(31,41)13(38,39)40/h41H. The Labute approximate surface area is 202 Å². The topological polar surface area (TPSA) is 20.2 Å². The number of rotatable bonds is 9. The molecule has 248 valence electrons. The zero-order valence-corrected chi connectivity index (χ0v) is 17.2. The van der Waals surface area contributed by atoms with Crippen LogP contribution in [-0.4, -0.2) is 82.5 Å². The lowest BCUT2D eigenvalue weighted by Gasteiger charge is -2.46. The molecule has 0 radical (unpaired) electrons. The van der Waals surface area contributed by atoms with Gasteiger partial charge < -0.3 is 5.11 Å². The second-order valence-corrected chi connectivity index (χ2v) is 7.37. The van der Waals surface area contributed by atoms with Crippen LogP contribution in [0.3, 0.4) is 0 Å². The molecule has 0 rings (SSSR count). The summed E-state index contributed by atoms with van der Waals surface area (Å²) < 4.78 is 350. The van der Waals surface area contributed by atoms with Gasteiger partial charge in [0.05, 0.1) is 0 Å². The van der Waals surface area contributed by atoms with Gasteiger partial charge in [0, 0.05) is 0 Å². The normalized spacial score (nSPS) is 18.4. The summed E-state index contributed by atoms with van der Waals surface area (Å²) in [4.78, 5) is 0. The van der Waals surface area contributed by atoms with Crippen molar-refractivity contribution in [3.05, 3.63) is 0 Å². The third-order valence-corrected chi connectivity index (χ3v) is 4.77. The second-order valence-electron chi connectivity index (χ2n) is 7.37. The highest BCUT2D eigenvalue weighted by atomic mass is 19.4. The van der Waals surface area contributed by atoms with Crippen molar-refractivity contribution in [2.45, 2.75) is 77.4 Å². The molecule has 1 unspecified atom stereocenters. The summed E-state index contributed by atoms with van der Waals surface area (Å²) >= 11 is 0. The van der Waals surface area contributed by atoms with Gasteiger partial charge in [-0.1, -0.05) is 0 Å². The van der Waals surface area contributed by atoms with Crippen LogP contribution >= 0.6 is 0 Å². The molecule has 1 nitrogen and oxygen atoms in total. The molecule has 0 saturated heterocycles. The molecule has 1 N–H and O–H groups in total. The predicted molar refractivity (Wildman–Crippen MR) is 67.6 cm³/mol. The van der Waals surface area contributed by atoms with Gasteiger partial charge in [-0.25, -0.2) is 4.39 Å². The van der Waals surface area contributed by atoms with Gasteiger partial charge >= 0.3 is 77.4 Å². The van der Waals surface area contributed by atoms with Crippen molar-refractivity contribution in [1.82, 2.24) is 0 Å². The summed E-state index contributed by atoms with van der Waals surface area (Å²) in [6.07, 6.45) is -25.4. The monoisotopic (exact) mass is 686 g/mol. The SMILES string of the molecule is OC(F)(C(F)(F)F)C(F)(F)C(F)(F)C(F)(F)C(F)(F)C(F)(F)C(F)(F)C(F)(F)C(F)(F)C(F)(C(F)(F)F)C(F)(F)F. The van der Waals surface area contributed by atoms with Crippen LogP contribution in [0.1, 0.15) is 0 Å². The number of alkyl halides is 27. The van der Waals surface area contributed by atoms with E-state index in [-0.39, 0.29) is 0 Å². The van der Waals surface area contributed by atoms with E-state index >= 15 is 0 Å². The molecule has 0 aromatic rings. The highest BCUT2D eigenvalue weighted by molar-refractivity contribution is 5.21. The molecule has 0 aliphatic heterocycles. The molecule has 41 heavy (non-hydrogen) atoms. The second kappa shape index (κ2) is 9.04. The summed E-state index contributed by atoms with van der Waals surface area (Å²) in [5, 5.41) is 7.77. The number of aliphatic hydroxyl groups is 1. The zero-order chi connectivity index (χ0) is 34.5. The van der Waals surface area contributed by atoms with E-state index in [4.69, 9.17) is 5.11 Å². The quantitative estimate of drug-likeness (QED) is 0.243. The minimum atomic E-state index is -9.83. The van der Waals surface area contributed by atoms with E-state index < -0.39 is 77.4 Å². The minimum absolute atomic E-state index is 7.77. The molecule has 0 aromatic carbocycles. The van der Waals surface area contributed by atoms with Crippen LogP contribution in [0.4, 0.5) is 119 Å². The molecule has 0 saturated carbocycles. The van der Waals surface area contributed by atoms with Gasteiger partial charge in [0.2, 0.25) is 0 Å². The number of hydrogen-bond donors (Lipinski definition) is 1. The molecule has 0 fully saturated rings. The first-order chi connectivity index (χ1) is 17.0. The van der Waals surface area contributed by atoms with Crippen LogP contribution in [0.25, 0.3) is 0 Å². The Morgan fingerprint density at radius 2 is 0.390 bits per heavy atom. The highest BCUT2D eigenvalue weighted by Gasteiger charge is 3.01. The molecular formula is C13HF27O. The molecule has 0 aromatic heterocycles. The summed E-state index contributed by atoms with van der Waals surface area (Å²) in [6, 6.07) is 0. The fraction of sp³-hybridized carbons (Fsp3) is 1.00. The molecule has 0 heterocycles. The third kappa shape index (κ3) is 4.40. The largest absolute Gasteiger partial charge is 0.455 e. The van der Waals surface area contributed by atoms with Gasteiger partial charge in [-0.3, -0.25) is 0 Å². The molecule has 28 heteroatoms. The van der Waals surface area contributed by atoms with Crippen molar-refractivity contribution in [3.8, 4) is 0 Å². The van der Waals surface area contributed by atoms with E-state index in [1.54, 1.807) is 0 Å². The Balaban J connectivity index is 7.55. The average Bonchev–Trinajstić information content (AvgIpc) is 2.69. The highest BCUT2D eigenvalue weighted by Crippen LogP contribution is 2.68. The fourth-order valence-corrected chi connectivity index (χ4v) is 2.30. The van der Waals surface area contributed by atoms with Gasteiger partial charge in [0.1, 0.15) is 0 Å². The molecular weight excluding hydrogens is 685 g/mol.